The number of H-pyrrole nitrogens is 1. The molecule has 0 saturated carbocycles. The Morgan fingerprint density at radius 1 is 1.02 bits per heavy atom. The summed E-state index contributed by atoms with van der Waals surface area (Å²) in [4.78, 5) is 34.8. The highest BCUT2D eigenvalue weighted by atomic mass is 32.3. The normalized spacial score (nSPS) is 17.8. The van der Waals surface area contributed by atoms with E-state index in [9.17, 15) is 46.4 Å². The molecule has 4 aromatic rings. The number of anilines is 3. The van der Waals surface area contributed by atoms with Crippen molar-refractivity contribution in [3.8, 4) is 5.75 Å². The van der Waals surface area contributed by atoms with E-state index in [1.165, 1.54) is 24.3 Å². The molecule has 1 fully saturated rings. The predicted octanol–water partition coefficient (Wildman–Crippen LogP) is 4.32. The number of azo groups is 1. The maximum atomic E-state index is 12.5. The Morgan fingerprint density at radius 2 is 1.70 bits per heavy atom. The average molecular weight is 678 g/mol. The Bertz CT molecular complexity index is 2040. The number of ether oxygens (including phenoxy) is 1. The molecule has 0 radical (unpaired) electrons. The molecular weight excluding hydrogens is 650 g/mol. The largest absolute Gasteiger partial charge is 0.505 e. The van der Waals surface area contributed by atoms with Gasteiger partial charge in [-0.15, -0.1) is 10.2 Å². The molecule has 1 aliphatic heterocycles. The van der Waals surface area contributed by atoms with Crippen molar-refractivity contribution in [2.24, 2.45) is 10.2 Å². The number of aromatic hydroxyl groups is 1. The number of aromatic carboxylic acids is 1. The third-order valence-corrected chi connectivity index (χ3v) is 8.55. The fourth-order valence-electron chi connectivity index (χ4n) is 4.96. The number of fused-ring (bicyclic) bond motifs is 1. The molecule has 2 atom stereocenters. The third kappa shape index (κ3) is 6.77. The lowest BCUT2D eigenvalue weighted by atomic mass is 10.1. The number of aromatic nitrogens is 3. The van der Waals surface area contributed by atoms with Crippen LogP contribution < -0.4 is 15.9 Å². The lowest BCUT2D eigenvalue weighted by Crippen LogP contribution is -2.46. The summed E-state index contributed by atoms with van der Waals surface area (Å²) in [5, 5.41) is 30.4. The Kier molecular flexibility index (Phi) is 8.70. The molecule has 0 aliphatic carbocycles. The van der Waals surface area contributed by atoms with E-state index in [2.05, 4.69) is 30.5 Å². The van der Waals surface area contributed by atoms with Crippen molar-refractivity contribution < 1.29 is 46.4 Å². The highest BCUT2D eigenvalue weighted by molar-refractivity contribution is 8.19. The Morgan fingerprint density at radius 3 is 2.33 bits per heavy atom. The summed E-state index contributed by atoms with van der Waals surface area (Å²) in [6.45, 7) is 4.42. The van der Waals surface area contributed by atoms with Crippen LogP contribution in [0.5, 0.6) is 5.75 Å². The topological polar surface area (TPSA) is 280 Å². The van der Waals surface area contributed by atoms with E-state index >= 15 is 0 Å². The van der Waals surface area contributed by atoms with Gasteiger partial charge in [0, 0.05) is 18.5 Å². The van der Waals surface area contributed by atoms with E-state index in [0.717, 1.165) is 18.2 Å². The van der Waals surface area contributed by atoms with E-state index in [1.54, 1.807) is 4.90 Å². The predicted molar refractivity (Wildman–Crippen MR) is 165 cm³/mol. The van der Waals surface area contributed by atoms with Gasteiger partial charge in [-0.2, -0.15) is 18.4 Å². The van der Waals surface area contributed by atoms with Gasteiger partial charge in [0.05, 0.1) is 33.7 Å². The monoisotopic (exact) mass is 677 g/mol. The van der Waals surface area contributed by atoms with Crippen molar-refractivity contribution in [3.05, 3.63) is 58.5 Å². The van der Waals surface area contributed by atoms with Crippen LogP contribution in [-0.2, 0) is 14.9 Å². The summed E-state index contributed by atoms with van der Waals surface area (Å²) in [5.74, 6) is -2.50. The van der Waals surface area contributed by atoms with Crippen molar-refractivity contribution in [1.29, 1.82) is 0 Å². The van der Waals surface area contributed by atoms with Gasteiger partial charge in [-0.3, -0.25) is 9.54 Å². The van der Waals surface area contributed by atoms with Gasteiger partial charge in [0.1, 0.15) is 27.1 Å². The summed E-state index contributed by atoms with van der Waals surface area (Å²) in [6, 6.07) is 8.13. The molecule has 2 unspecified atom stereocenters. The number of carbonyl (C=O) groups is 1. The molecule has 5 rings (SSSR count). The van der Waals surface area contributed by atoms with Crippen LogP contribution in [0.1, 0.15) is 24.2 Å². The second kappa shape index (κ2) is 12.2. The molecule has 8 N–H and O–H groups in total. The second-order valence-electron chi connectivity index (χ2n) is 10.2. The van der Waals surface area contributed by atoms with Gasteiger partial charge in [0.2, 0.25) is 11.9 Å². The first kappa shape index (κ1) is 32.7. The van der Waals surface area contributed by atoms with Crippen LogP contribution in [0, 0.1) is 0 Å². The first-order chi connectivity index (χ1) is 21.5. The molecule has 18 nitrogen and oxygen atoms in total. The number of nitrogens with zero attached hydrogens (tertiary/aromatic N) is 5. The van der Waals surface area contributed by atoms with E-state index < -0.39 is 64.6 Å². The zero-order chi connectivity index (χ0) is 33.6. The smallest absolute Gasteiger partial charge is 0.351 e. The van der Waals surface area contributed by atoms with Gasteiger partial charge in [-0.25, -0.2) is 9.59 Å². The standard InChI is InChI=1S/C26H27N7O11S2/c1-12-10-33(11-13(2)44-12)25-28-24(29-26(37)30-25)27-17-7-8-18(45(38,39)40)15-9-19(46(41,42)43)21(22(34)20(15)17)32-31-16-6-4-3-5-14(16)23(35)36/h3-9,12-13,34,41-43H,10-11H2,1-2H3,(H,35,36)(H,38,39,40)(H2,27,28,29,30,37). The number of hydrogen-bond acceptors (Lipinski definition) is 15. The van der Waals surface area contributed by atoms with Crippen LogP contribution in [0.15, 0.2) is 67.3 Å². The minimum Gasteiger partial charge on any atom is -0.505 e. The maximum absolute atomic E-state index is 12.5. The second-order valence-corrected chi connectivity index (χ2v) is 13.1. The molecule has 1 aromatic heterocycles. The lowest BCUT2D eigenvalue weighted by Gasteiger charge is -2.35. The van der Waals surface area contributed by atoms with Gasteiger partial charge < -0.3 is 38.8 Å². The van der Waals surface area contributed by atoms with Crippen LogP contribution in [-0.4, -0.2) is 83.1 Å². The summed E-state index contributed by atoms with van der Waals surface area (Å²) in [5.41, 5.74) is -2.22. The maximum Gasteiger partial charge on any atom is 0.351 e. The number of carboxylic acids is 1. The zero-order valence-corrected chi connectivity index (χ0v) is 25.5. The number of phenolic OH excluding ortho intramolecular Hbond substituents is 1. The summed E-state index contributed by atoms with van der Waals surface area (Å²) >= 11 is 0. The molecule has 0 spiro atoms. The van der Waals surface area contributed by atoms with E-state index in [-0.39, 0.29) is 41.0 Å². The number of benzene rings is 3. The van der Waals surface area contributed by atoms with Gasteiger partial charge in [0.25, 0.3) is 10.1 Å². The highest BCUT2D eigenvalue weighted by Gasteiger charge is 2.30. The molecule has 0 amide bonds. The van der Waals surface area contributed by atoms with Crippen LogP contribution in [0.4, 0.5) is 29.0 Å². The molecule has 46 heavy (non-hydrogen) atoms. The van der Waals surface area contributed by atoms with E-state index in [1.807, 2.05) is 13.8 Å². The number of nitrogens with one attached hydrogen (secondary N) is 2. The lowest BCUT2D eigenvalue weighted by molar-refractivity contribution is -0.00574. The summed E-state index contributed by atoms with van der Waals surface area (Å²) in [6.07, 6.45) is -0.389. The fraction of sp³-hybridized carbons (Fsp3) is 0.231. The Labute approximate surface area is 261 Å². The van der Waals surface area contributed by atoms with Gasteiger partial charge in [0.15, 0.2) is 5.75 Å². The minimum absolute atomic E-state index is 0.0411. The number of rotatable bonds is 8. The quantitative estimate of drug-likeness (QED) is 0.0952. The number of aromatic amines is 1. The van der Waals surface area contributed by atoms with Crippen molar-refractivity contribution >= 4 is 66.7 Å². The first-order valence-corrected chi connectivity index (χ1v) is 16.2. The van der Waals surface area contributed by atoms with Crippen molar-refractivity contribution in [2.45, 2.75) is 35.8 Å². The minimum atomic E-state index is -5.02. The SMILES string of the molecule is CC1CN(c2nc(Nc3ccc(S(=O)(=O)O)c4cc(S(O)(O)O)c(N=Nc5ccccc5C(=O)O)c(O)c34)[nH]c(=O)n2)CC(C)O1. The van der Waals surface area contributed by atoms with Crippen LogP contribution in [0.3, 0.4) is 0 Å². The Balaban J connectivity index is 1.72. The summed E-state index contributed by atoms with van der Waals surface area (Å²) in [7, 11) is -9.77. The molecule has 2 heterocycles. The molecule has 0 bridgehead atoms. The van der Waals surface area contributed by atoms with Gasteiger partial charge >= 0.3 is 11.7 Å². The number of phenols is 1. The molecule has 244 valence electrons. The zero-order valence-electron chi connectivity index (χ0n) is 23.9. The number of carboxylic acid groups (broad SMARTS) is 1. The molecular formula is C26H27N7O11S2. The number of morpholine rings is 1. The van der Waals surface area contributed by atoms with Gasteiger partial charge in [-0.1, -0.05) is 12.1 Å². The first-order valence-electron chi connectivity index (χ1n) is 13.2. The van der Waals surface area contributed by atoms with Crippen molar-refractivity contribution in [3.63, 3.8) is 0 Å². The average Bonchev–Trinajstić information content (AvgIpc) is 2.94. The molecule has 1 saturated heterocycles. The highest BCUT2D eigenvalue weighted by Crippen LogP contribution is 2.56. The van der Waals surface area contributed by atoms with E-state index in [0.29, 0.717) is 13.1 Å². The molecule has 1 aliphatic rings. The van der Waals surface area contributed by atoms with E-state index in [4.69, 9.17) is 4.74 Å². The van der Waals surface area contributed by atoms with Crippen LogP contribution >= 0.6 is 10.9 Å². The van der Waals surface area contributed by atoms with Gasteiger partial charge in [-0.05, 0) is 44.2 Å². The molecule has 20 heteroatoms. The fourth-order valence-corrected chi connectivity index (χ4v) is 6.31. The summed E-state index contributed by atoms with van der Waals surface area (Å²) < 4.78 is 70.8. The molecule has 3 aromatic carbocycles. The number of hydrogen-bond donors (Lipinski definition) is 8. The third-order valence-electron chi connectivity index (χ3n) is 6.73. The Hall–Kier alpha value is -4.70. The van der Waals surface area contributed by atoms with Crippen molar-refractivity contribution in [1.82, 2.24) is 15.0 Å². The van der Waals surface area contributed by atoms with Crippen LogP contribution in [0.25, 0.3) is 10.8 Å². The van der Waals surface area contributed by atoms with Crippen LogP contribution in [0.2, 0.25) is 0 Å². The van der Waals surface area contributed by atoms with Crippen molar-refractivity contribution in [2.75, 3.05) is 23.3 Å².